The third-order valence-electron chi connectivity index (χ3n) is 1.64. The minimum Gasteiger partial charge on any atom is -0.483 e. The normalized spacial score (nSPS) is 10.7. The Kier molecular flexibility index (Phi) is 13.3. The van der Waals surface area contributed by atoms with E-state index in [1.54, 1.807) is 0 Å². The van der Waals surface area contributed by atoms with E-state index in [0.29, 0.717) is 0 Å². The van der Waals surface area contributed by atoms with Crippen molar-refractivity contribution in [3.63, 3.8) is 0 Å². The van der Waals surface area contributed by atoms with Gasteiger partial charge in [-0.2, -0.15) is 0 Å². The molecular formula is C10H16O12. The first-order valence-electron chi connectivity index (χ1n) is 5.22. The Morgan fingerprint density at radius 1 is 1.00 bits per heavy atom. The first kappa shape index (κ1) is 24.3. The van der Waals surface area contributed by atoms with Gasteiger partial charge in [0.05, 0.1) is 12.8 Å². The second-order valence-electron chi connectivity index (χ2n) is 3.60. The molecule has 12 nitrogen and oxygen atoms in total. The van der Waals surface area contributed by atoms with Crippen molar-refractivity contribution >= 4 is 30.3 Å². The zero-order valence-corrected chi connectivity index (χ0v) is 11.2. The number of hydrogen-bond donors (Lipinski definition) is 7. The molecule has 0 heterocycles. The summed E-state index contributed by atoms with van der Waals surface area (Å²) in [5, 5.41) is 56.5. The predicted molar refractivity (Wildman–Crippen MR) is 65.1 cm³/mol. The molecule has 0 aromatic heterocycles. The van der Waals surface area contributed by atoms with Crippen LogP contribution >= 0.6 is 0 Å². The highest BCUT2D eigenvalue weighted by Crippen LogP contribution is 2.15. The molecular weight excluding hydrogens is 312 g/mol. The Morgan fingerprint density at radius 2 is 1.23 bits per heavy atom. The molecule has 0 aliphatic heterocycles. The minimum absolute atomic E-state index is 0.250. The zero-order chi connectivity index (χ0) is 18.5. The molecule has 1 atom stereocenters. The van der Waals surface area contributed by atoms with Gasteiger partial charge in [0.1, 0.15) is 6.10 Å². The molecule has 0 saturated carbocycles. The van der Waals surface area contributed by atoms with Crippen LogP contribution in [0.2, 0.25) is 0 Å². The van der Waals surface area contributed by atoms with Gasteiger partial charge in [0.25, 0.3) is 6.47 Å². The van der Waals surface area contributed by atoms with Gasteiger partial charge in [-0.1, -0.05) is 0 Å². The van der Waals surface area contributed by atoms with Crippen LogP contribution < -0.4 is 0 Å². The molecule has 0 saturated heterocycles. The highest BCUT2D eigenvalue weighted by atomic mass is 16.4. The molecule has 1 unspecified atom stereocenters. The van der Waals surface area contributed by atoms with Gasteiger partial charge >= 0.3 is 23.9 Å². The van der Waals surface area contributed by atoms with Gasteiger partial charge in [0.2, 0.25) is 0 Å². The molecule has 0 aromatic rings. The fraction of sp³-hybridized carbons (Fsp3) is 0.500. The van der Waals surface area contributed by atoms with E-state index in [1.165, 1.54) is 6.92 Å². The van der Waals surface area contributed by atoms with Crippen molar-refractivity contribution in [3.8, 4) is 0 Å². The molecule has 0 rings (SSSR count). The largest absolute Gasteiger partial charge is 0.483 e. The second-order valence-corrected chi connectivity index (χ2v) is 3.60. The maximum Gasteiger partial charge on any atom is 0.336 e. The highest BCUT2D eigenvalue weighted by Gasteiger charge is 2.40. The number of carbonyl (C=O) groups is 5. The van der Waals surface area contributed by atoms with Crippen molar-refractivity contribution in [1.29, 1.82) is 0 Å². The van der Waals surface area contributed by atoms with E-state index in [2.05, 4.69) is 0 Å². The van der Waals surface area contributed by atoms with Gasteiger partial charge in [-0.15, -0.1) is 0 Å². The van der Waals surface area contributed by atoms with Gasteiger partial charge in [0, 0.05) is 0 Å². The third-order valence-corrected chi connectivity index (χ3v) is 1.64. The van der Waals surface area contributed by atoms with Crippen LogP contribution in [0.25, 0.3) is 0 Å². The minimum atomic E-state index is -2.74. The van der Waals surface area contributed by atoms with Crippen LogP contribution in [-0.2, 0) is 24.0 Å². The summed E-state index contributed by atoms with van der Waals surface area (Å²) in [4.78, 5) is 48.3. The molecule has 0 aliphatic rings. The number of aliphatic hydroxyl groups is 2. The van der Waals surface area contributed by atoms with Crippen LogP contribution in [-0.4, -0.2) is 77.8 Å². The first-order valence-corrected chi connectivity index (χ1v) is 5.22. The van der Waals surface area contributed by atoms with E-state index in [0.717, 1.165) is 0 Å². The Labute approximate surface area is 122 Å². The molecule has 128 valence electrons. The van der Waals surface area contributed by atoms with E-state index >= 15 is 0 Å². The van der Waals surface area contributed by atoms with E-state index < -0.39 is 48.4 Å². The summed E-state index contributed by atoms with van der Waals surface area (Å²) in [6.07, 6.45) is -3.52. The molecule has 0 bridgehead atoms. The maximum atomic E-state index is 10.3. The van der Waals surface area contributed by atoms with Crippen LogP contribution in [0, 0.1) is 0 Å². The summed E-state index contributed by atoms with van der Waals surface area (Å²) in [5.41, 5.74) is -2.74. The Balaban J connectivity index is -0.000000333. The lowest BCUT2D eigenvalue weighted by Crippen LogP contribution is -2.42. The number of rotatable bonds is 6. The standard InChI is InChI=1S/C6H8O7.C3H6O3.CH2O2/c7-3(8)1-6(13,5(11)12)2-4(9)10;1-2(4)3(5)6;2-1-3/h13H,1-2H2,(H,7,8)(H,9,10)(H,11,12);2,4H,1H3,(H,5,6);1H,(H,2,3). The Bertz CT molecular complexity index is 383. The number of aliphatic carboxylic acids is 4. The summed E-state index contributed by atoms with van der Waals surface area (Å²) in [7, 11) is 0. The smallest absolute Gasteiger partial charge is 0.336 e. The molecule has 0 radical (unpaired) electrons. The topological polar surface area (TPSA) is 227 Å². The quantitative estimate of drug-likeness (QED) is 0.260. The van der Waals surface area contributed by atoms with E-state index in [4.69, 9.17) is 40.5 Å². The summed E-state index contributed by atoms with van der Waals surface area (Å²) < 4.78 is 0. The molecule has 0 spiro atoms. The Hall–Kier alpha value is -2.73. The van der Waals surface area contributed by atoms with Crippen molar-refractivity contribution in [2.75, 3.05) is 0 Å². The number of hydrogen-bond acceptors (Lipinski definition) is 7. The molecule has 0 amide bonds. The summed E-state index contributed by atoms with van der Waals surface area (Å²) >= 11 is 0. The average Bonchev–Trinajstić information content (AvgIpc) is 2.27. The predicted octanol–water partition coefficient (Wildman–Crippen LogP) is -2.10. The van der Waals surface area contributed by atoms with E-state index in [9.17, 15) is 19.2 Å². The Morgan fingerprint density at radius 3 is 1.32 bits per heavy atom. The van der Waals surface area contributed by atoms with Crippen LogP contribution in [0.4, 0.5) is 0 Å². The molecule has 12 heteroatoms. The first-order chi connectivity index (χ1) is 9.83. The zero-order valence-electron chi connectivity index (χ0n) is 11.2. The van der Waals surface area contributed by atoms with Crippen LogP contribution in [0.3, 0.4) is 0 Å². The fourth-order valence-electron chi connectivity index (χ4n) is 0.714. The van der Waals surface area contributed by atoms with Crippen LogP contribution in [0.1, 0.15) is 19.8 Å². The lowest BCUT2D eigenvalue weighted by atomic mass is 9.96. The van der Waals surface area contributed by atoms with Gasteiger partial charge < -0.3 is 35.7 Å². The van der Waals surface area contributed by atoms with Crippen molar-refractivity contribution < 1.29 is 59.7 Å². The van der Waals surface area contributed by atoms with Crippen molar-refractivity contribution in [2.45, 2.75) is 31.5 Å². The second kappa shape index (κ2) is 12.0. The summed E-state index contributed by atoms with van der Waals surface area (Å²) in [6.45, 7) is 0.947. The van der Waals surface area contributed by atoms with E-state index in [-0.39, 0.29) is 6.47 Å². The lowest BCUT2D eigenvalue weighted by molar-refractivity contribution is -0.170. The van der Waals surface area contributed by atoms with Gasteiger partial charge in [-0.3, -0.25) is 14.4 Å². The molecule has 0 aliphatic carbocycles. The molecule has 0 fully saturated rings. The van der Waals surface area contributed by atoms with Crippen molar-refractivity contribution in [1.82, 2.24) is 0 Å². The average molecular weight is 328 g/mol. The SMILES string of the molecule is CC(O)C(=O)O.O=C(O)CC(O)(CC(=O)O)C(=O)O.O=CO. The number of aliphatic hydroxyl groups excluding tert-OH is 1. The number of carboxylic acid groups (broad SMARTS) is 5. The molecule has 0 aromatic carbocycles. The van der Waals surface area contributed by atoms with Crippen molar-refractivity contribution in [3.05, 3.63) is 0 Å². The van der Waals surface area contributed by atoms with Gasteiger partial charge in [-0.25, -0.2) is 9.59 Å². The van der Waals surface area contributed by atoms with Crippen molar-refractivity contribution in [2.24, 2.45) is 0 Å². The monoisotopic (exact) mass is 328 g/mol. The summed E-state index contributed by atoms with van der Waals surface area (Å²) in [6, 6.07) is 0. The van der Waals surface area contributed by atoms with Crippen LogP contribution in [0.5, 0.6) is 0 Å². The fourth-order valence-corrected chi connectivity index (χ4v) is 0.714. The van der Waals surface area contributed by atoms with Gasteiger partial charge in [-0.05, 0) is 6.92 Å². The third kappa shape index (κ3) is 15.3. The van der Waals surface area contributed by atoms with Gasteiger partial charge in [0.15, 0.2) is 5.60 Å². The van der Waals surface area contributed by atoms with E-state index in [1.807, 2.05) is 0 Å². The summed E-state index contributed by atoms with van der Waals surface area (Å²) in [5.74, 6) is -6.20. The molecule has 7 N–H and O–H groups in total. The highest BCUT2D eigenvalue weighted by molar-refractivity contribution is 5.88. The maximum absolute atomic E-state index is 10.3. The number of carboxylic acids is 4. The lowest BCUT2D eigenvalue weighted by Gasteiger charge is -2.18. The molecule has 22 heavy (non-hydrogen) atoms. The van der Waals surface area contributed by atoms with Crippen LogP contribution in [0.15, 0.2) is 0 Å².